The first-order valence-corrected chi connectivity index (χ1v) is 8.72. The van der Waals surface area contributed by atoms with E-state index in [0.29, 0.717) is 18.1 Å². The highest BCUT2D eigenvalue weighted by molar-refractivity contribution is 5.89. The Morgan fingerprint density at radius 3 is 2.85 bits per heavy atom. The number of carboxylic acids is 1. The van der Waals surface area contributed by atoms with Gasteiger partial charge in [-0.05, 0) is 31.9 Å². The summed E-state index contributed by atoms with van der Waals surface area (Å²) in [4.78, 5) is 25.7. The van der Waals surface area contributed by atoms with Crippen LogP contribution in [0.25, 0.3) is 0 Å². The second-order valence-electron chi connectivity index (χ2n) is 7.19. The van der Waals surface area contributed by atoms with Crippen LogP contribution >= 0.6 is 0 Å². The first-order valence-electron chi connectivity index (χ1n) is 8.72. The molecule has 2 atom stereocenters. The Labute approximate surface area is 151 Å². The number of hydrogen-bond donors (Lipinski definition) is 1. The predicted octanol–water partition coefficient (Wildman–Crippen LogP) is 2.99. The van der Waals surface area contributed by atoms with Gasteiger partial charge in [-0.3, -0.25) is 4.79 Å². The van der Waals surface area contributed by atoms with Crippen LogP contribution in [-0.2, 0) is 16.8 Å². The van der Waals surface area contributed by atoms with E-state index in [1.165, 1.54) is 6.07 Å². The molecule has 6 heteroatoms. The van der Waals surface area contributed by atoms with Gasteiger partial charge in [0.1, 0.15) is 22.8 Å². The Kier molecular flexibility index (Phi) is 3.79. The standard InChI is InChI=1S/C20H21NO5/c1-12-14(19(23)24)9-13(26-12)11-21(2)18(22)16-10-20(16)7-8-25-17-6-4-3-5-15(17)20/h3-6,9,16H,7-8,10-11H2,1-2H3,(H,23,24)/t16-,20-/m0/s1. The molecule has 0 radical (unpaired) electrons. The van der Waals surface area contributed by atoms with Crippen LogP contribution in [0.15, 0.2) is 34.7 Å². The highest BCUT2D eigenvalue weighted by atomic mass is 16.5. The average molecular weight is 355 g/mol. The number of hydrogen-bond acceptors (Lipinski definition) is 4. The van der Waals surface area contributed by atoms with E-state index >= 15 is 0 Å². The topological polar surface area (TPSA) is 80.0 Å². The van der Waals surface area contributed by atoms with Gasteiger partial charge in [-0.1, -0.05) is 18.2 Å². The first-order chi connectivity index (χ1) is 12.4. The number of carbonyl (C=O) groups excluding carboxylic acids is 1. The molecule has 26 heavy (non-hydrogen) atoms. The van der Waals surface area contributed by atoms with E-state index in [9.17, 15) is 9.59 Å². The smallest absolute Gasteiger partial charge is 0.339 e. The lowest BCUT2D eigenvalue weighted by Crippen LogP contribution is -2.32. The fourth-order valence-corrected chi connectivity index (χ4v) is 4.10. The Hall–Kier alpha value is -2.76. The molecule has 1 N–H and O–H groups in total. The van der Waals surface area contributed by atoms with Gasteiger partial charge in [0.25, 0.3) is 0 Å². The van der Waals surface area contributed by atoms with Crippen molar-refractivity contribution in [2.45, 2.75) is 31.7 Å². The van der Waals surface area contributed by atoms with E-state index in [2.05, 4.69) is 6.07 Å². The summed E-state index contributed by atoms with van der Waals surface area (Å²) in [5.74, 6) is 0.698. The molecule has 1 aromatic carbocycles. The van der Waals surface area contributed by atoms with E-state index in [-0.39, 0.29) is 29.3 Å². The SMILES string of the molecule is Cc1oc(CN(C)C(=O)[C@@H]2C[C@]23CCOc2ccccc23)cc1C(=O)O. The highest BCUT2D eigenvalue weighted by Crippen LogP contribution is 2.61. The summed E-state index contributed by atoms with van der Waals surface area (Å²) in [6.07, 6.45) is 1.67. The van der Waals surface area contributed by atoms with Gasteiger partial charge in [-0.15, -0.1) is 0 Å². The Bertz CT molecular complexity index is 886. The number of nitrogens with zero attached hydrogens (tertiary/aromatic N) is 1. The summed E-state index contributed by atoms with van der Waals surface area (Å²) in [6.45, 7) is 2.51. The lowest BCUT2D eigenvalue weighted by Gasteiger charge is -2.27. The minimum atomic E-state index is -1.02. The maximum atomic E-state index is 12.9. The predicted molar refractivity (Wildman–Crippen MR) is 93.2 cm³/mol. The van der Waals surface area contributed by atoms with Gasteiger partial charge >= 0.3 is 5.97 Å². The van der Waals surface area contributed by atoms with Crippen molar-refractivity contribution in [1.82, 2.24) is 4.90 Å². The van der Waals surface area contributed by atoms with Crippen molar-refractivity contribution in [3.63, 3.8) is 0 Å². The third-order valence-corrected chi connectivity index (χ3v) is 5.57. The largest absolute Gasteiger partial charge is 0.493 e. The normalized spacial score (nSPS) is 23.2. The van der Waals surface area contributed by atoms with Gasteiger partial charge in [-0.25, -0.2) is 4.79 Å². The minimum Gasteiger partial charge on any atom is -0.493 e. The van der Waals surface area contributed by atoms with Crippen molar-refractivity contribution in [2.24, 2.45) is 5.92 Å². The molecule has 1 fully saturated rings. The zero-order valence-electron chi connectivity index (χ0n) is 14.8. The molecule has 0 unspecified atom stereocenters. The number of aryl methyl sites for hydroxylation is 1. The molecule has 0 bridgehead atoms. The molecule has 136 valence electrons. The van der Waals surface area contributed by atoms with Crippen molar-refractivity contribution in [3.8, 4) is 5.75 Å². The highest BCUT2D eigenvalue weighted by Gasteiger charge is 2.61. The van der Waals surface area contributed by atoms with Crippen molar-refractivity contribution in [2.75, 3.05) is 13.7 Å². The summed E-state index contributed by atoms with van der Waals surface area (Å²) >= 11 is 0. The molecule has 6 nitrogen and oxygen atoms in total. The third-order valence-electron chi connectivity index (χ3n) is 5.57. The quantitative estimate of drug-likeness (QED) is 0.912. The fourth-order valence-electron chi connectivity index (χ4n) is 4.10. The Morgan fingerprint density at radius 1 is 1.35 bits per heavy atom. The minimum absolute atomic E-state index is 0.0625. The summed E-state index contributed by atoms with van der Waals surface area (Å²) in [7, 11) is 1.73. The van der Waals surface area contributed by atoms with Gasteiger partial charge in [0.2, 0.25) is 5.91 Å². The van der Waals surface area contributed by atoms with Gasteiger partial charge in [0, 0.05) is 23.9 Å². The maximum absolute atomic E-state index is 12.9. The summed E-state index contributed by atoms with van der Waals surface area (Å²) < 4.78 is 11.2. The molecule has 2 heterocycles. The zero-order chi connectivity index (χ0) is 18.5. The van der Waals surface area contributed by atoms with Crippen LogP contribution < -0.4 is 4.74 Å². The summed E-state index contributed by atoms with van der Waals surface area (Å²) in [6, 6.07) is 9.43. The third kappa shape index (κ3) is 2.57. The van der Waals surface area contributed by atoms with Crippen molar-refractivity contribution in [1.29, 1.82) is 0 Å². The molecule has 1 saturated carbocycles. The van der Waals surface area contributed by atoms with Crippen LogP contribution in [0.5, 0.6) is 5.75 Å². The van der Waals surface area contributed by atoms with Crippen molar-refractivity contribution in [3.05, 3.63) is 53.0 Å². The van der Waals surface area contributed by atoms with Crippen molar-refractivity contribution < 1.29 is 23.8 Å². The monoisotopic (exact) mass is 355 g/mol. The molecule has 2 aromatic rings. The van der Waals surface area contributed by atoms with Crippen LogP contribution in [0.3, 0.4) is 0 Å². The van der Waals surface area contributed by atoms with Crippen LogP contribution in [0, 0.1) is 12.8 Å². The molecule has 1 spiro atoms. The lowest BCUT2D eigenvalue weighted by atomic mass is 9.87. The van der Waals surface area contributed by atoms with Crippen LogP contribution in [-0.4, -0.2) is 35.5 Å². The number of benzene rings is 1. The van der Waals surface area contributed by atoms with Crippen molar-refractivity contribution >= 4 is 11.9 Å². The van der Waals surface area contributed by atoms with Crippen LogP contribution in [0.4, 0.5) is 0 Å². The number of ether oxygens (including phenoxy) is 1. The zero-order valence-corrected chi connectivity index (χ0v) is 14.8. The Balaban J connectivity index is 1.50. The number of para-hydroxylation sites is 1. The first kappa shape index (κ1) is 16.7. The fraction of sp³-hybridized carbons (Fsp3) is 0.400. The molecule has 4 rings (SSSR count). The number of aromatic carboxylic acids is 1. The number of amides is 1. The molecule has 2 aliphatic rings. The number of fused-ring (bicyclic) bond motifs is 2. The van der Waals surface area contributed by atoms with E-state index in [4.69, 9.17) is 14.3 Å². The molecule has 1 aliphatic heterocycles. The van der Waals surface area contributed by atoms with Gasteiger partial charge < -0.3 is 19.2 Å². The van der Waals surface area contributed by atoms with Crippen LogP contribution in [0.1, 0.15) is 40.3 Å². The molecular weight excluding hydrogens is 334 g/mol. The van der Waals surface area contributed by atoms with E-state index in [1.54, 1.807) is 18.9 Å². The summed E-state index contributed by atoms with van der Waals surface area (Å²) in [5.41, 5.74) is 1.15. The number of rotatable bonds is 4. The van der Waals surface area contributed by atoms with E-state index < -0.39 is 5.97 Å². The maximum Gasteiger partial charge on any atom is 0.339 e. The molecule has 0 saturated heterocycles. The molecule has 1 aromatic heterocycles. The number of furan rings is 1. The average Bonchev–Trinajstić information content (AvgIpc) is 3.20. The van der Waals surface area contributed by atoms with Gasteiger partial charge in [-0.2, -0.15) is 0 Å². The van der Waals surface area contributed by atoms with Gasteiger partial charge in [0.15, 0.2) is 0 Å². The number of carbonyl (C=O) groups is 2. The number of carboxylic acid groups (broad SMARTS) is 1. The second kappa shape index (κ2) is 5.90. The second-order valence-corrected chi connectivity index (χ2v) is 7.19. The lowest BCUT2D eigenvalue weighted by molar-refractivity contribution is -0.132. The van der Waals surface area contributed by atoms with E-state index in [1.807, 2.05) is 18.2 Å². The van der Waals surface area contributed by atoms with Gasteiger partial charge in [0.05, 0.1) is 13.2 Å². The molecule has 1 amide bonds. The summed E-state index contributed by atoms with van der Waals surface area (Å²) in [5, 5.41) is 9.13. The Morgan fingerprint density at radius 2 is 2.12 bits per heavy atom. The van der Waals surface area contributed by atoms with E-state index in [0.717, 1.165) is 24.2 Å². The van der Waals surface area contributed by atoms with Crippen LogP contribution in [0.2, 0.25) is 0 Å². The molecule has 1 aliphatic carbocycles. The molecular formula is C20H21NO5.